The summed E-state index contributed by atoms with van der Waals surface area (Å²) in [6, 6.07) is 0.436. The van der Waals surface area contributed by atoms with Crippen molar-refractivity contribution in [3.63, 3.8) is 0 Å². The van der Waals surface area contributed by atoms with Gasteiger partial charge in [0.2, 0.25) is 5.13 Å². The van der Waals surface area contributed by atoms with E-state index >= 15 is 0 Å². The van der Waals surface area contributed by atoms with Crippen molar-refractivity contribution in [3.8, 4) is 0 Å². The number of hydrogen-bond donors (Lipinski definition) is 0. The molecule has 1 aliphatic heterocycles. The Hall–Kier alpha value is -0.950. The lowest BCUT2D eigenvalue weighted by Crippen LogP contribution is -2.20. The van der Waals surface area contributed by atoms with E-state index in [0.717, 1.165) is 34.1 Å². The van der Waals surface area contributed by atoms with Crippen LogP contribution >= 0.6 is 27.3 Å². The summed E-state index contributed by atoms with van der Waals surface area (Å²) in [5, 5.41) is 14.6. The van der Waals surface area contributed by atoms with Gasteiger partial charge in [-0.05, 0) is 29.3 Å². The summed E-state index contributed by atoms with van der Waals surface area (Å²) >= 11 is 5.08. The highest BCUT2D eigenvalue weighted by Crippen LogP contribution is 2.29. The molecule has 1 atom stereocenters. The van der Waals surface area contributed by atoms with Crippen LogP contribution in [-0.4, -0.2) is 33.1 Å². The van der Waals surface area contributed by atoms with Gasteiger partial charge in [0, 0.05) is 19.3 Å². The van der Waals surface area contributed by atoms with Crippen molar-refractivity contribution < 1.29 is 0 Å². The molecule has 0 N–H and O–H groups in total. The Morgan fingerprint density at radius 3 is 3.00 bits per heavy atom. The maximum atomic E-state index is 4.34. The molecule has 5 nitrogen and oxygen atoms in total. The summed E-state index contributed by atoms with van der Waals surface area (Å²) in [5.41, 5.74) is 0. The van der Waals surface area contributed by atoms with E-state index in [0.29, 0.717) is 6.04 Å². The van der Waals surface area contributed by atoms with Gasteiger partial charge in [-0.25, -0.2) is 0 Å². The standard InChI is InChI=1S/C10H12BrN5S/c1-7-13-14-10(17-7)15-3-2-9(6-15)16-5-8(11)4-12-16/h4-5,9H,2-3,6H2,1H3. The van der Waals surface area contributed by atoms with Crippen molar-refractivity contribution in [2.45, 2.75) is 19.4 Å². The highest BCUT2D eigenvalue weighted by molar-refractivity contribution is 9.10. The Morgan fingerprint density at radius 2 is 2.35 bits per heavy atom. The molecule has 2 aromatic rings. The first-order chi connectivity index (χ1) is 8.22. The van der Waals surface area contributed by atoms with Crippen LogP contribution in [0.2, 0.25) is 0 Å². The Balaban J connectivity index is 1.73. The molecule has 0 radical (unpaired) electrons. The molecule has 0 saturated carbocycles. The van der Waals surface area contributed by atoms with E-state index in [1.807, 2.05) is 24.0 Å². The van der Waals surface area contributed by atoms with Crippen molar-refractivity contribution >= 4 is 32.4 Å². The molecule has 0 amide bonds. The third-order valence-corrected chi connectivity index (χ3v) is 4.20. The first-order valence-electron chi connectivity index (χ1n) is 5.47. The molecule has 1 fully saturated rings. The fraction of sp³-hybridized carbons (Fsp3) is 0.500. The fourth-order valence-corrected chi connectivity index (χ4v) is 3.08. The zero-order valence-corrected chi connectivity index (χ0v) is 11.8. The van der Waals surface area contributed by atoms with E-state index < -0.39 is 0 Å². The summed E-state index contributed by atoms with van der Waals surface area (Å²) < 4.78 is 3.06. The van der Waals surface area contributed by atoms with Crippen LogP contribution < -0.4 is 4.90 Å². The minimum Gasteiger partial charge on any atom is -0.344 e. The summed E-state index contributed by atoms with van der Waals surface area (Å²) in [5.74, 6) is 0. The summed E-state index contributed by atoms with van der Waals surface area (Å²) in [6.07, 6.45) is 4.96. The molecule has 2 aromatic heterocycles. The van der Waals surface area contributed by atoms with E-state index in [9.17, 15) is 0 Å². The van der Waals surface area contributed by atoms with Gasteiger partial charge < -0.3 is 4.90 Å². The van der Waals surface area contributed by atoms with Crippen LogP contribution in [0.1, 0.15) is 17.5 Å². The largest absolute Gasteiger partial charge is 0.344 e. The normalized spacial score (nSPS) is 20.1. The topological polar surface area (TPSA) is 46.8 Å². The number of rotatable bonds is 2. The first kappa shape index (κ1) is 11.2. The zero-order chi connectivity index (χ0) is 11.8. The highest BCUT2D eigenvalue weighted by atomic mass is 79.9. The zero-order valence-electron chi connectivity index (χ0n) is 9.38. The van der Waals surface area contributed by atoms with Crippen LogP contribution in [0.5, 0.6) is 0 Å². The highest BCUT2D eigenvalue weighted by Gasteiger charge is 2.26. The van der Waals surface area contributed by atoms with E-state index in [-0.39, 0.29) is 0 Å². The average Bonchev–Trinajstić information content (AvgIpc) is 2.96. The number of aromatic nitrogens is 4. The van der Waals surface area contributed by atoms with Gasteiger partial charge in [-0.15, -0.1) is 10.2 Å². The molecule has 3 rings (SSSR count). The van der Waals surface area contributed by atoms with Crippen LogP contribution in [0.15, 0.2) is 16.9 Å². The van der Waals surface area contributed by atoms with Gasteiger partial charge in [-0.1, -0.05) is 11.3 Å². The smallest absolute Gasteiger partial charge is 0.208 e. The molecular weight excluding hydrogens is 302 g/mol. The maximum Gasteiger partial charge on any atom is 0.208 e. The molecule has 1 unspecified atom stereocenters. The van der Waals surface area contributed by atoms with Gasteiger partial charge in [0.05, 0.1) is 16.7 Å². The van der Waals surface area contributed by atoms with E-state index in [4.69, 9.17) is 0 Å². The number of halogens is 1. The van der Waals surface area contributed by atoms with Gasteiger partial charge in [0.25, 0.3) is 0 Å². The minimum atomic E-state index is 0.436. The monoisotopic (exact) mass is 313 g/mol. The van der Waals surface area contributed by atoms with E-state index in [1.54, 1.807) is 11.3 Å². The first-order valence-corrected chi connectivity index (χ1v) is 7.08. The van der Waals surface area contributed by atoms with Crippen LogP contribution in [0, 0.1) is 6.92 Å². The summed E-state index contributed by atoms with van der Waals surface area (Å²) in [4.78, 5) is 2.28. The molecule has 1 aliphatic rings. The Labute approximate surface area is 112 Å². The van der Waals surface area contributed by atoms with Crippen LogP contribution in [0.25, 0.3) is 0 Å². The van der Waals surface area contributed by atoms with Crippen LogP contribution in [0.3, 0.4) is 0 Å². The predicted molar refractivity (Wildman–Crippen MR) is 70.4 cm³/mol. The summed E-state index contributed by atoms with van der Waals surface area (Å²) in [7, 11) is 0. The predicted octanol–water partition coefficient (Wildman–Crippen LogP) is 2.26. The van der Waals surface area contributed by atoms with Crippen molar-refractivity contribution in [1.29, 1.82) is 0 Å². The van der Waals surface area contributed by atoms with Crippen molar-refractivity contribution in [2.75, 3.05) is 18.0 Å². The molecule has 0 spiro atoms. The molecule has 3 heterocycles. The van der Waals surface area contributed by atoms with E-state index in [2.05, 4.69) is 36.1 Å². The van der Waals surface area contributed by atoms with Gasteiger partial charge in [-0.2, -0.15) is 5.10 Å². The van der Waals surface area contributed by atoms with Crippen molar-refractivity contribution in [2.24, 2.45) is 0 Å². The third kappa shape index (κ3) is 2.21. The Bertz CT molecular complexity index is 476. The van der Waals surface area contributed by atoms with Gasteiger partial charge >= 0.3 is 0 Å². The maximum absolute atomic E-state index is 4.34. The third-order valence-electron chi connectivity index (χ3n) is 2.89. The molecule has 1 saturated heterocycles. The molecule has 0 aromatic carbocycles. The Kier molecular flexibility index (Phi) is 2.87. The fourth-order valence-electron chi connectivity index (χ4n) is 2.06. The number of hydrogen-bond acceptors (Lipinski definition) is 5. The lowest BCUT2D eigenvalue weighted by molar-refractivity contribution is 0.494. The van der Waals surface area contributed by atoms with Gasteiger partial charge in [0.1, 0.15) is 5.01 Å². The Morgan fingerprint density at radius 1 is 1.47 bits per heavy atom. The molecule has 0 aliphatic carbocycles. The average molecular weight is 314 g/mol. The van der Waals surface area contributed by atoms with Gasteiger partial charge in [-0.3, -0.25) is 4.68 Å². The van der Waals surface area contributed by atoms with Crippen LogP contribution in [0.4, 0.5) is 5.13 Å². The number of anilines is 1. The molecule has 0 bridgehead atoms. The lowest BCUT2D eigenvalue weighted by Gasteiger charge is -2.14. The second-order valence-corrected chi connectivity index (χ2v) is 6.21. The van der Waals surface area contributed by atoms with Crippen molar-refractivity contribution in [1.82, 2.24) is 20.0 Å². The van der Waals surface area contributed by atoms with Crippen molar-refractivity contribution in [3.05, 3.63) is 21.9 Å². The SMILES string of the molecule is Cc1nnc(N2CCC(n3cc(Br)cn3)C2)s1. The number of aryl methyl sites for hydroxylation is 1. The lowest BCUT2D eigenvalue weighted by atomic mass is 10.3. The molecular formula is C10H12BrN5S. The second-order valence-electron chi connectivity index (χ2n) is 4.13. The van der Waals surface area contributed by atoms with Crippen LogP contribution in [-0.2, 0) is 0 Å². The second kappa shape index (κ2) is 4.38. The van der Waals surface area contributed by atoms with E-state index in [1.165, 1.54) is 0 Å². The quantitative estimate of drug-likeness (QED) is 0.853. The molecule has 7 heteroatoms. The van der Waals surface area contributed by atoms with Gasteiger partial charge in [0.15, 0.2) is 0 Å². The molecule has 90 valence electrons. The summed E-state index contributed by atoms with van der Waals surface area (Å²) in [6.45, 7) is 3.97. The number of nitrogens with zero attached hydrogens (tertiary/aromatic N) is 5. The molecule has 17 heavy (non-hydrogen) atoms. The minimum absolute atomic E-state index is 0.436.